The number of ether oxygens (including phenoxy) is 1. The van der Waals surface area contributed by atoms with Crippen molar-refractivity contribution < 1.29 is 4.74 Å². The van der Waals surface area contributed by atoms with E-state index in [1.807, 2.05) is 12.1 Å². The van der Waals surface area contributed by atoms with Gasteiger partial charge in [-0.2, -0.15) is 0 Å². The highest BCUT2D eigenvalue weighted by molar-refractivity contribution is 5.35. The van der Waals surface area contributed by atoms with Crippen LogP contribution in [-0.2, 0) is 0 Å². The fourth-order valence-corrected chi connectivity index (χ4v) is 2.06. The summed E-state index contributed by atoms with van der Waals surface area (Å²) in [4.78, 5) is 0. The highest BCUT2D eigenvalue weighted by atomic mass is 16.5. The van der Waals surface area contributed by atoms with Crippen molar-refractivity contribution in [1.29, 1.82) is 0 Å². The molecule has 1 unspecified atom stereocenters. The highest BCUT2D eigenvalue weighted by Crippen LogP contribution is 2.24. The van der Waals surface area contributed by atoms with E-state index >= 15 is 0 Å². The van der Waals surface area contributed by atoms with E-state index in [4.69, 9.17) is 4.74 Å². The van der Waals surface area contributed by atoms with Crippen LogP contribution in [0.1, 0.15) is 45.2 Å². The second kappa shape index (κ2) is 6.54. The van der Waals surface area contributed by atoms with Gasteiger partial charge in [-0.15, -0.1) is 0 Å². The fraction of sp³-hybridized carbons (Fsp3) is 0.571. The van der Waals surface area contributed by atoms with Gasteiger partial charge in [0, 0.05) is 17.6 Å². The third-order valence-corrected chi connectivity index (χ3v) is 2.86. The van der Waals surface area contributed by atoms with Crippen LogP contribution in [0.2, 0.25) is 0 Å². The van der Waals surface area contributed by atoms with E-state index in [1.165, 1.54) is 18.4 Å². The molecule has 0 aliphatic heterocycles. The molecule has 0 fully saturated rings. The van der Waals surface area contributed by atoms with Crippen molar-refractivity contribution in [2.75, 3.05) is 7.11 Å². The van der Waals surface area contributed by atoms with E-state index in [2.05, 4.69) is 38.2 Å². The summed E-state index contributed by atoms with van der Waals surface area (Å²) in [7, 11) is 1.72. The molecule has 1 aromatic rings. The van der Waals surface area contributed by atoms with E-state index < -0.39 is 0 Å². The van der Waals surface area contributed by atoms with Gasteiger partial charge in [0.05, 0.1) is 7.11 Å². The molecule has 0 heterocycles. The zero-order valence-electron chi connectivity index (χ0n) is 10.8. The maximum absolute atomic E-state index is 5.37. The Morgan fingerprint density at radius 3 is 2.56 bits per heavy atom. The molecule has 0 aliphatic carbocycles. The van der Waals surface area contributed by atoms with Gasteiger partial charge in [-0.3, -0.25) is 0 Å². The molecule has 0 saturated heterocycles. The number of rotatable bonds is 6. The second-order valence-corrected chi connectivity index (χ2v) is 4.32. The Labute approximate surface area is 99.0 Å². The monoisotopic (exact) mass is 221 g/mol. The van der Waals surface area contributed by atoms with E-state index in [9.17, 15) is 0 Å². The molecule has 16 heavy (non-hydrogen) atoms. The van der Waals surface area contributed by atoms with Gasteiger partial charge in [-0.05, 0) is 26.3 Å². The van der Waals surface area contributed by atoms with Crippen LogP contribution in [0.5, 0.6) is 5.75 Å². The lowest BCUT2D eigenvalue weighted by molar-refractivity contribution is 0.392. The first kappa shape index (κ1) is 13.0. The van der Waals surface area contributed by atoms with E-state index in [0.29, 0.717) is 12.1 Å². The Morgan fingerprint density at radius 2 is 1.94 bits per heavy atom. The Morgan fingerprint density at radius 1 is 1.25 bits per heavy atom. The van der Waals surface area contributed by atoms with Crippen LogP contribution in [0.4, 0.5) is 0 Å². The minimum Gasteiger partial charge on any atom is -0.496 e. The van der Waals surface area contributed by atoms with Gasteiger partial charge in [-0.25, -0.2) is 0 Å². The van der Waals surface area contributed by atoms with Crippen LogP contribution in [-0.4, -0.2) is 13.2 Å². The molecule has 0 bridgehead atoms. The van der Waals surface area contributed by atoms with Crippen molar-refractivity contribution >= 4 is 0 Å². The molecule has 0 aliphatic rings. The first-order valence-electron chi connectivity index (χ1n) is 6.08. The van der Waals surface area contributed by atoms with Crippen molar-refractivity contribution in [3.05, 3.63) is 29.8 Å². The molecule has 1 rings (SSSR count). The molecule has 0 amide bonds. The number of para-hydroxylation sites is 1. The Bertz CT molecular complexity index is 311. The van der Waals surface area contributed by atoms with E-state index in [-0.39, 0.29) is 0 Å². The molecule has 2 heteroatoms. The Kier molecular flexibility index (Phi) is 5.33. The summed E-state index contributed by atoms with van der Waals surface area (Å²) >= 11 is 0. The average Bonchev–Trinajstić information content (AvgIpc) is 2.29. The van der Waals surface area contributed by atoms with Crippen molar-refractivity contribution in [3.63, 3.8) is 0 Å². The predicted octanol–water partition coefficient (Wildman–Crippen LogP) is 3.53. The minimum atomic E-state index is 0.331. The second-order valence-electron chi connectivity index (χ2n) is 4.32. The van der Waals surface area contributed by atoms with Crippen molar-refractivity contribution in [1.82, 2.24) is 5.32 Å². The number of hydrogen-bond donors (Lipinski definition) is 1. The Balaban J connectivity index is 2.68. The van der Waals surface area contributed by atoms with Crippen LogP contribution in [0.3, 0.4) is 0 Å². The van der Waals surface area contributed by atoms with Crippen LogP contribution in [0.25, 0.3) is 0 Å². The molecule has 1 aromatic carbocycles. The zero-order valence-corrected chi connectivity index (χ0v) is 10.8. The lowest BCUT2D eigenvalue weighted by Crippen LogP contribution is -2.28. The molecule has 90 valence electrons. The molecule has 2 nitrogen and oxygen atoms in total. The largest absolute Gasteiger partial charge is 0.496 e. The number of nitrogens with one attached hydrogen (secondary N) is 1. The van der Waals surface area contributed by atoms with Gasteiger partial charge in [0.15, 0.2) is 0 Å². The summed E-state index contributed by atoms with van der Waals surface area (Å²) in [6, 6.07) is 9.07. The molecule has 0 aromatic heterocycles. The van der Waals surface area contributed by atoms with Gasteiger partial charge < -0.3 is 10.1 Å². The lowest BCUT2D eigenvalue weighted by Gasteiger charge is -2.21. The minimum absolute atomic E-state index is 0.331. The molecule has 2 atom stereocenters. The molecular formula is C14H23NO. The van der Waals surface area contributed by atoms with Crippen LogP contribution in [0, 0.1) is 0 Å². The first-order valence-corrected chi connectivity index (χ1v) is 6.08. The van der Waals surface area contributed by atoms with Crippen molar-refractivity contribution in [2.45, 2.75) is 45.7 Å². The summed E-state index contributed by atoms with van der Waals surface area (Å²) < 4.78 is 5.37. The smallest absolute Gasteiger partial charge is 0.123 e. The molecule has 1 N–H and O–H groups in total. The Hall–Kier alpha value is -1.02. The number of methoxy groups -OCH3 is 1. The van der Waals surface area contributed by atoms with E-state index in [1.54, 1.807) is 7.11 Å². The average molecular weight is 221 g/mol. The summed E-state index contributed by atoms with van der Waals surface area (Å²) in [5, 5.41) is 3.59. The van der Waals surface area contributed by atoms with Gasteiger partial charge in [0.2, 0.25) is 0 Å². The van der Waals surface area contributed by atoms with Gasteiger partial charge in [0.25, 0.3) is 0 Å². The van der Waals surface area contributed by atoms with Gasteiger partial charge in [-0.1, -0.05) is 31.5 Å². The lowest BCUT2D eigenvalue weighted by atomic mass is 10.1. The summed E-state index contributed by atoms with van der Waals surface area (Å²) in [5.41, 5.74) is 1.23. The first-order chi connectivity index (χ1) is 7.69. The van der Waals surface area contributed by atoms with Crippen LogP contribution in [0.15, 0.2) is 24.3 Å². The zero-order chi connectivity index (χ0) is 12.0. The fourth-order valence-electron chi connectivity index (χ4n) is 2.06. The molecule has 0 saturated carbocycles. The maximum Gasteiger partial charge on any atom is 0.123 e. The standard InChI is InChI=1S/C14H23NO/c1-5-8-11(2)15-12(3)13-9-6-7-10-14(13)16-4/h6-7,9-12,15H,5,8H2,1-4H3/t11?,12-/m1/s1. The molecule has 0 spiro atoms. The number of benzene rings is 1. The quantitative estimate of drug-likeness (QED) is 0.793. The van der Waals surface area contributed by atoms with Gasteiger partial charge in [0.1, 0.15) is 5.75 Å². The molecular weight excluding hydrogens is 198 g/mol. The molecule has 0 radical (unpaired) electrons. The van der Waals surface area contributed by atoms with Crippen LogP contribution < -0.4 is 10.1 Å². The SMILES string of the molecule is CCCC(C)N[C@H](C)c1ccccc1OC. The summed E-state index contributed by atoms with van der Waals surface area (Å²) in [6.45, 7) is 6.63. The third kappa shape index (κ3) is 3.53. The topological polar surface area (TPSA) is 21.3 Å². The normalized spacial score (nSPS) is 14.5. The number of hydrogen-bond acceptors (Lipinski definition) is 2. The predicted molar refractivity (Wildman–Crippen MR) is 68.9 cm³/mol. The van der Waals surface area contributed by atoms with Crippen LogP contribution >= 0.6 is 0 Å². The van der Waals surface area contributed by atoms with E-state index in [0.717, 1.165) is 5.75 Å². The van der Waals surface area contributed by atoms with Crippen molar-refractivity contribution in [3.8, 4) is 5.75 Å². The van der Waals surface area contributed by atoms with Gasteiger partial charge >= 0.3 is 0 Å². The van der Waals surface area contributed by atoms with Crippen molar-refractivity contribution in [2.24, 2.45) is 0 Å². The third-order valence-electron chi connectivity index (χ3n) is 2.86. The summed E-state index contributed by atoms with van der Waals surface area (Å²) in [6.07, 6.45) is 2.42. The maximum atomic E-state index is 5.37. The highest BCUT2D eigenvalue weighted by Gasteiger charge is 2.12. The summed E-state index contributed by atoms with van der Waals surface area (Å²) in [5.74, 6) is 0.964.